The van der Waals surface area contributed by atoms with Crippen LogP contribution in [-0.2, 0) is 19.4 Å². The molecular weight excluding hydrogens is 264 g/mol. The van der Waals surface area contributed by atoms with Crippen molar-refractivity contribution in [1.82, 2.24) is 10.6 Å². The highest BCUT2D eigenvalue weighted by Gasteiger charge is 2.20. The van der Waals surface area contributed by atoms with E-state index in [1.165, 1.54) is 11.1 Å². The first kappa shape index (κ1) is 13.9. The molecule has 1 aromatic carbocycles. The fourth-order valence-corrected chi connectivity index (χ4v) is 2.77. The molecule has 0 radical (unpaired) electrons. The van der Waals surface area contributed by atoms with Gasteiger partial charge in [-0.15, -0.1) is 0 Å². The van der Waals surface area contributed by atoms with Gasteiger partial charge in [0.25, 0.3) is 5.91 Å². The number of furan rings is 1. The highest BCUT2D eigenvalue weighted by molar-refractivity contribution is 5.92. The number of carbonyl (C=O) groups excluding carboxylic acids is 1. The van der Waals surface area contributed by atoms with E-state index >= 15 is 0 Å². The Hall–Kier alpha value is -2.07. The van der Waals surface area contributed by atoms with Crippen LogP contribution in [-0.4, -0.2) is 18.5 Å². The largest absolute Gasteiger partial charge is 0.459 e. The second kappa shape index (κ2) is 6.14. The molecule has 3 rings (SSSR count). The Morgan fingerprint density at radius 1 is 1.33 bits per heavy atom. The van der Waals surface area contributed by atoms with Gasteiger partial charge in [-0.2, -0.15) is 0 Å². The van der Waals surface area contributed by atoms with Crippen LogP contribution < -0.4 is 10.6 Å². The number of fused-ring (bicyclic) bond motifs is 1. The Morgan fingerprint density at radius 3 is 2.95 bits per heavy atom. The molecule has 1 amide bonds. The first-order chi connectivity index (χ1) is 10.3. The molecule has 1 unspecified atom stereocenters. The summed E-state index contributed by atoms with van der Waals surface area (Å²) in [5, 5.41) is 6.42. The van der Waals surface area contributed by atoms with Crippen LogP contribution in [0.4, 0.5) is 0 Å². The maximum Gasteiger partial charge on any atom is 0.287 e. The Balaban J connectivity index is 1.58. The lowest BCUT2D eigenvalue weighted by atomic mass is 9.96. The number of hydrogen-bond donors (Lipinski definition) is 2. The van der Waals surface area contributed by atoms with Crippen molar-refractivity contribution in [3.8, 4) is 0 Å². The SMILES string of the molecule is CCc1ccoc1C(=O)NCC1Cc2ccccc2CN1. The van der Waals surface area contributed by atoms with Gasteiger partial charge >= 0.3 is 0 Å². The lowest BCUT2D eigenvalue weighted by Gasteiger charge is -2.26. The lowest BCUT2D eigenvalue weighted by Crippen LogP contribution is -2.44. The molecule has 110 valence electrons. The molecular formula is C17H20N2O2. The van der Waals surface area contributed by atoms with Gasteiger partial charge < -0.3 is 15.1 Å². The standard InChI is InChI=1S/C17H20N2O2/c1-2-12-7-8-21-16(12)17(20)19-11-15-9-13-5-3-4-6-14(13)10-18-15/h3-8,15,18H,2,9-11H2,1H3,(H,19,20). The highest BCUT2D eigenvalue weighted by atomic mass is 16.3. The van der Waals surface area contributed by atoms with Crippen LogP contribution in [0.3, 0.4) is 0 Å². The fourth-order valence-electron chi connectivity index (χ4n) is 2.77. The van der Waals surface area contributed by atoms with Gasteiger partial charge in [0, 0.05) is 24.7 Å². The molecule has 2 aromatic rings. The summed E-state index contributed by atoms with van der Waals surface area (Å²) in [4.78, 5) is 12.1. The van der Waals surface area contributed by atoms with E-state index in [-0.39, 0.29) is 11.9 Å². The second-order valence-corrected chi connectivity index (χ2v) is 5.39. The van der Waals surface area contributed by atoms with Crippen molar-refractivity contribution < 1.29 is 9.21 Å². The first-order valence-corrected chi connectivity index (χ1v) is 7.42. The maximum atomic E-state index is 12.1. The summed E-state index contributed by atoms with van der Waals surface area (Å²) in [5.74, 6) is 0.311. The number of hydrogen-bond acceptors (Lipinski definition) is 3. The zero-order chi connectivity index (χ0) is 14.7. The fraction of sp³-hybridized carbons (Fsp3) is 0.353. The van der Waals surface area contributed by atoms with Gasteiger partial charge in [-0.25, -0.2) is 0 Å². The van der Waals surface area contributed by atoms with Crippen molar-refractivity contribution in [1.29, 1.82) is 0 Å². The second-order valence-electron chi connectivity index (χ2n) is 5.39. The quantitative estimate of drug-likeness (QED) is 0.905. The van der Waals surface area contributed by atoms with Gasteiger partial charge in [0.05, 0.1) is 6.26 Å². The summed E-state index contributed by atoms with van der Waals surface area (Å²) in [6, 6.07) is 10.6. The van der Waals surface area contributed by atoms with Crippen LogP contribution in [0.1, 0.15) is 34.2 Å². The normalized spacial score (nSPS) is 17.3. The molecule has 4 nitrogen and oxygen atoms in total. The molecule has 21 heavy (non-hydrogen) atoms. The van der Waals surface area contributed by atoms with Gasteiger partial charge in [-0.3, -0.25) is 4.79 Å². The number of carbonyl (C=O) groups is 1. The van der Waals surface area contributed by atoms with E-state index < -0.39 is 0 Å². The van der Waals surface area contributed by atoms with Gasteiger partial charge in [-0.05, 0) is 30.0 Å². The zero-order valence-corrected chi connectivity index (χ0v) is 12.2. The Morgan fingerprint density at radius 2 is 2.14 bits per heavy atom. The zero-order valence-electron chi connectivity index (χ0n) is 12.2. The number of benzene rings is 1. The average Bonchev–Trinajstić information content (AvgIpc) is 3.01. The minimum atomic E-state index is -0.127. The molecule has 0 fully saturated rings. The molecule has 0 saturated heterocycles. The lowest BCUT2D eigenvalue weighted by molar-refractivity contribution is 0.0920. The van der Waals surface area contributed by atoms with Crippen molar-refractivity contribution in [2.75, 3.05) is 6.54 Å². The van der Waals surface area contributed by atoms with E-state index in [1.807, 2.05) is 13.0 Å². The van der Waals surface area contributed by atoms with E-state index in [4.69, 9.17) is 4.42 Å². The smallest absolute Gasteiger partial charge is 0.287 e. The average molecular weight is 284 g/mol. The molecule has 2 N–H and O–H groups in total. The summed E-state index contributed by atoms with van der Waals surface area (Å²) in [6.45, 7) is 3.48. The molecule has 0 bridgehead atoms. The van der Waals surface area contributed by atoms with E-state index in [0.717, 1.165) is 24.9 Å². The monoisotopic (exact) mass is 284 g/mol. The topological polar surface area (TPSA) is 54.3 Å². The third kappa shape index (κ3) is 3.00. The Bertz CT molecular complexity index is 633. The van der Waals surface area contributed by atoms with Gasteiger partial charge in [-0.1, -0.05) is 31.2 Å². The van der Waals surface area contributed by atoms with Crippen molar-refractivity contribution >= 4 is 5.91 Å². The van der Waals surface area contributed by atoms with E-state index in [2.05, 4.69) is 34.9 Å². The van der Waals surface area contributed by atoms with E-state index in [1.54, 1.807) is 6.26 Å². The summed E-state index contributed by atoms with van der Waals surface area (Å²) >= 11 is 0. The summed E-state index contributed by atoms with van der Waals surface area (Å²) in [7, 11) is 0. The third-order valence-corrected chi connectivity index (χ3v) is 4.01. The molecule has 0 aliphatic carbocycles. The number of rotatable bonds is 4. The minimum Gasteiger partial charge on any atom is -0.459 e. The van der Waals surface area contributed by atoms with Crippen LogP contribution in [0.15, 0.2) is 41.0 Å². The van der Waals surface area contributed by atoms with Gasteiger partial charge in [0.15, 0.2) is 5.76 Å². The molecule has 1 atom stereocenters. The number of aryl methyl sites for hydroxylation is 1. The Kier molecular flexibility index (Phi) is 4.06. The number of nitrogens with one attached hydrogen (secondary N) is 2. The number of amides is 1. The molecule has 1 aliphatic rings. The van der Waals surface area contributed by atoms with E-state index in [9.17, 15) is 4.79 Å². The van der Waals surface area contributed by atoms with Crippen LogP contribution in [0, 0.1) is 0 Å². The van der Waals surface area contributed by atoms with Crippen molar-refractivity contribution in [2.24, 2.45) is 0 Å². The van der Waals surface area contributed by atoms with Crippen LogP contribution in [0.25, 0.3) is 0 Å². The van der Waals surface area contributed by atoms with Crippen LogP contribution >= 0.6 is 0 Å². The minimum absolute atomic E-state index is 0.127. The summed E-state index contributed by atoms with van der Waals surface area (Å²) in [6.07, 6.45) is 3.31. The summed E-state index contributed by atoms with van der Waals surface area (Å²) in [5.41, 5.74) is 3.66. The predicted molar refractivity (Wildman–Crippen MR) is 81.2 cm³/mol. The molecule has 0 saturated carbocycles. The van der Waals surface area contributed by atoms with Crippen molar-refractivity contribution in [3.63, 3.8) is 0 Å². The van der Waals surface area contributed by atoms with Crippen LogP contribution in [0.5, 0.6) is 0 Å². The highest BCUT2D eigenvalue weighted by Crippen LogP contribution is 2.16. The molecule has 4 heteroatoms. The molecule has 2 heterocycles. The first-order valence-electron chi connectivity index (χ1n) is 7.42. The van der Waals surface area contributed by atoms with Crippen LogP contribution in [0.2, 0.25) is 0 Å². The van der Waals surface area contributed by atoms with E-state index in [0.29, 0.717) is 12.3 Å². The third-order valence-electron chi connectivity index (χ3n) is 4.01. The maximum absolute atomic E-state index is 12.1. The molecule has 1 aliphatic heterocycles. The predicted octanol–water partition coefficient (Wildman–Crippen LogP) is 2.29. The van der Waals surface area contributed by atoms with Gasteiger partial charge in [0.1, 0.15) is 0 Å². The summed E-state index contributed by atoms with van der Waals surface area (Å²) < 4.78 is 5.28. The molecule has 1 aromatic heterocycles. The van der Waals surface area contributed by atoms with Crippen molar-refractivity contribution in [2.45, 2.75) is 32.4 Å². The Labute approximate surface area is 124 Å². The molecule has 0 spiro atoms. The van der Waals surface area contributed by atoms with Crippen molar-refractivity contribution in [3.05, 3.63) is 59.0 Å². The van der Waals surface area contributed by atoms with Gasteiger partial charge in [0.2, 0.25) is 0 Å².